The predicted octanol–water partition coefficient (Wildman–Crippen LogP) is 0.281. The van der Waals surface area contributed by atoms with E-state index in [1.165, 1.54) is 4.31 Å². The number of ether oxygens (including phenoxy) is 1. The molecule has 5 heteroatoms. The largest absolute Gasteiger partial charge is 0.760 e. The first-order valence-corrected chi connectivity index (χ1v) is 5.01. The molecule has 1 aliphatic rings. The molecule has 2 unspecified atom stereocenters. The minimum absolute atomic E-state index is 0.269. The molecule has 1 heterocycles. The molecule has 1 aliphatic heterocycles. The molecule has 4 nitrogen and oxygen atoms in total. The number of hydrogen-bond donors (Lipinski definition) is 0. The first-order chi connectivity index (χ1) is 5.53. The van der Waals surface area contributed by atoms with Crippen LogP contribution in [-0.2, 0) is 16.0 Å². The molecule has 0 N–H and O–H groups in total. The monoisotopic (exact) mass is 192 g/mol. The summed E-state index contributed by atoms with van der Waals surface area (Å²) in [6.07, 6.45) is 1.96. The van der Waals surface area contributed by atoms with Crippen molar-refractivity contribution in [2.75, 3.05) is 20.2 Å². The van der Waals surface area contributed by atoms with E-state index in [2.05, 4.69) is 0 Å². The Kier molecular flexibility index (Phi) is 3.22. The third kappa shape index (κ3) is 2.52. The molecule has 2 atom stereocenters. The molecular weight excluding hydrogens is 178 g/mol. The molecule has 1 saturated heterocycles. The molecule has 0 aromatic rings. The molecule has 0 aromatic heterocycles. The predicted molar refractivity (Wildman–Crippen MR) is 45.1 cm³/mol. The fraction of sp³-hybridized carbons (Fsp3) is 1.00. The Morgan fingerprint density at radius 2 is 2.42 bits per heavy atom. The van der Waals surface area contributed by atoms with Crippen molar-refractivity contribution in [3.63, 3.8) is 0 Å². The highest BCUT2D eigenvalue weighted by Crippen LogP contribution is 2.25. The van der Waals surface area contributed by atoms with Gasteiger partial charge < -0.3 is 9.29 Å². The van der Waals surface area contributed by atoms with Crippen LogP contribution in [0.2, 0.25) is 0 Å². The van der Waals surface area contributed by atoms with Crippen molar-refractivity contribution in [2.24, 2.45) is 0 Å². The van der Waals surface area contributed by atoms with Crippen LogP contribution in [0.3, 0.4) is 0 Å². The van der Waals surface area contributed by atoms with Crippen molar-refractivity contribution in [3.8, 4) is 0 Å². The zero-order valence-electron chi connectivity index (χ0n) is 7.41. The second-order valence-electron chi connectivity index (χ2n) is 3.41. The fourth-order valence-corrected chi connectivity index (χ4v) is 1.86. The van der Waals surface area contributed by atoms with Crippen molar-refractivity contribution < 1.29 is 13.5 Å². The summed E-state index contributed by atoms with van der Waals surface area (Å²) < 4.78 is 27.7. The van der Waals surface area contributed by atoms with Gasteiger partial charge in [0.15, 0.2) is 0 Å². The third-order valence-electron chi connectivity index (χ3n) is 2.11. The highest BCUT2D eigenvalue weighted by atomic mass is 32.2. The van der Waals surface area contributed by atoms with Crippen molar-refractivity contribution in [3.05, 3.63) is 0 Å². The van der Waals surface area contributed by atoms with Gasteiger partial charge in [-0.05, 0) is 26.8 Å². The molecule has 1 fully saturated rings. The van der Waals surface area contributed by atoms with Crippen molar-refractivity contribution >= 4 is 11.3 Å². The molecule has 12 heavy (non-hydrogen) atoms. The molecule has 72 valence electrons. The Bertz CT molecular complexity index is 179. The van der Waals surface area contributed by atoms with Crippen LogP contribution in [0.5, 0.6) is 0 Å². The Labute approximate surface area is 75.3 Å². The van der Waals surface area contributed by atoms with Crippen LogP contribution in [0.25, 0.3) is 0 Å². The molecule has 1 rings (SSSR count). The average molecular weight is 192 g/mol. The van der Waals surface area contributed by atoms with Crippen LogP contribution in [0.4, 0.5) is 0 Å². The van der Waals surface area contributed by atoms with Crippen molar-refractivity contribution in [1.29, 1.82) is 0 Å². The maximum absolute atomic E-state index is 10.5. The van der Waals surface area contributed by atoms with Crippen LogP contribution >= 0.6 is 0 Å². The summed E-state index contributed by atoms with van der Waals surface area (Å²) >= 11 is -2.13. The number of hydrogen-bond acceptors (Lipinski definition) is 3. The van der Waals surface area contributed by atoms with E-state index in [1.54, 1.807) is 7.05 Å². The van der Waals surface area contributed by atoms with Crippen molar-refractivity contribution in [1.82, 2.24) is 4.31 Å². The zero-order chi connectivity index (χ0) is 9.19. The molecule has 0 bridgehead atoms. The van der Waals surface area contributed by atoms with E-state index < -0.39 is 11.3 Å². The van der Waals surface area contributed by atoms with E-state index >= 15 is 0 Å². The molecule has 0 aromatic carbocycles. The molecule has 0 spiro atoms. The van der Waals surface area contributed by atoms with E-state index in [4.69, 9.17) is 4.74 Å². The maximum atomic E-state index is 10.5. The maximum Gasteiger partial charge on any atom is 0.0791 e. The second-order valence-corrected chi connectivity index (χ2v) is 4.46. The number of likely N-dealkylation sites (N-methyl/N-ethyl adjacent to an activating group) is 1. The van der Waals surface area contributed by atoms with Crippen LogP contribution in [-0.4, -0.2) is 38.9 Å². The normalized spacial score (nSPS) is 32.7. The lowest BCUT2D eigenvalue weighted by Crippen LogP contribution is -2.39. The summed E-state index contributed by atoms with van der Waals surface area (Å²) in [6, 6.07) is 0. The van der Waals surface area contributed by atoms with Gasteiger partial charge in [-0.25, -0.2) is 4.31 Å². The number of nitrogens with zero attached hydrogens (tertiary/aromatic N) is 1. The minimum Gasteiger partial charge on any atom is -0.760 e. The summed E-state index contributed by atoms with van der Waals surface area (Å²) in [6.45, 7) is 3.14. The summed E-state index contributed by atoms with van der Waals surface area (Å²) in [5, 5.41) is 0. The van der Waals surface area contributed by atoms with Gasteiger partial charge in [-0.3, -0.25) is 4.21 Å². The highest BCUT2D eigenvalue weighted by molar-refractivity contribution is 7.76. The van der Waals surface area contributed by atoms with Gasteiger partial charge in [-0.15, -0.1) is 0 Å². The van der Waals surface area contributed by atoms with Gasteiger partial charge in [0.05, 0.1) is 5.60 Å². The lowest BCUT2D eigenvalue weighted by Gasteiger charge is -2.29. The Hall–Kier alpha value is 0.0300. The average Bonchev–Trinajstić information content (AvgIpc) is 2.35. The Balaban J connectivity index is 2.43. The van der Waals surface area contributed by atoms with Crippen LogP contribution in [0.15, 0.2) is 0 Å². The first kappa shape index (κ1) is 10.1. The van der Waals surface area contributed by atoms with E-state index in [-0.39, 0.29) is 5.60 Å². The second kappa shape index (κ2) is 3.83. The topological polar surface area (TPSA) is 52.6 Å². The third-order valence-corrected chi connectivity index (χ3v) is 2.75. The molecular formula is C7H14NO3S-. The highest BCUT2D eigenvalue weighted by Gasteiger charge is 2.31. The summed E-state index contributed by atoms with van der Waals surface area (Å²) in [4.78, 5) is 0. The van der Waals surface area contributed by atoms with Gasteiger partial charge >= 0.3 is 0 Å². The lowest BCUT2D eigenvalue weighted by atomic mass is 10.0. The number of rotatable bonds is 3. The standard InChI is InChI=1S/C7H15NO3S/c1-7(4-3-5-11-7)6-8(2)12(9)10/h3-6H2,1-2H3,(H,9,10)/p-1. The SMILES string of the molecule is CN(CC1(C)CCCO1)S(=O)[O-]. The van der Waals surface area contributed by atoms with Gasteiger partial charge in [0, 0.05) is 24.4 Å². The summed E-state index contributed by atoms with van der Waals surface area (Å²) in [7, 11) is 1.55. The molecule has 0 aliphatic carbocycles. The van der Waals surface area contributed by atoms with Gasteiger partial charge in [-0.1, -0.05) is 0 Å². The van der Waals surface area contributed by atoms with Gasteiger partial charge in [0.1, 0.15) is 0 Å². The van der Waals surface area contributed by atoms with Crippen LogP contribution in [0, 0.1) is 0 Å². The quantitative estimate of drug-likeness (QED) is 0.604. The van der Waals surface area contributed by atoms with Gasteiger partial charge in [0.25, 0.3) is 0 Å². The summed E-state index contributed by atoms with van der Waals surface area (Å²) in [5.41, 5.74) is -0.269. The zero-order valence-corrected chi connectivity index (χ0v) is 8.23. The van der Waals surface area contributed by atoms with E-state index in [1.807, 2.05) is 6.92 Å². The van der Waals surface area contributed by atoms with E-state index in [0.29, 0.717) is 6.54 Å². The fourth-order valence-electron chi connectivity index (χ4n) is 1.49. The van der Waals surface area contributed by atoms with Gasteiger partial charge in [-0.2, -0.15) is 0 Å². The minimum atomic E-state index is -2.13. The first-order valence-electron chi connectivity index (χ1n) is 3.98. The van der Waals surface area contributed by atoms with E-state index in [9.17, 15) is 8.76 Å². The van der Waals surface area contributed by atoms with Crippen molar-refractivity contribution in [2.45, 2.75) is 25.4 Å². The summed E-state index contributed by atoms with van der Waals surface area (Å²) in [5.74, 6) is 0. The van der Waals surface area contributed by atoms with Crippen LogP contribution in [0.1, 0.15) is 19.8 Å². The van der Waals surface area contributed by atoms with E-state index in [0.717, 1.165) is 19.4 Å². The lowest BCUT2D eigenvalue weighted by molar-refractivity contribution is 0.00939. The molecule has 0 saturated carbocycles. The molecule has 0 radical (unpaired) electrons. The molecule has 0 amide bonds. The Morgan fingerprint density at radius 1 is 1.75 bits per heavy atom. The van der Waals surface area contributed by atoms with Gasteiger partial charge in [0.2, 0.25) is 0 Å². The Morgan fingerprint density at radius 3 is 2.83 bits per heavy atom. The smallest absolute Gasteiger partial charge is 0.0791 e. The van der Waals surface area contributed by atoms with Crippen LogP contribution < -0.4 is 0 Å².